The summed E-state index contributed by atoms with van der Waals surface area (Å²) in [7, 11) is 0. The summed E-state index contributed by atoms with van der Waals surface area (Å²) >= 11 is 3.57. The maximum atomic E-state index is 5.09. The third kappa shape index (κ3) is 2.72. The zero-order valence-corrected chi connectivity index (χ0v) is 12.1. The van der Waals surface area contributed by atoms with E-state index in [-0.39, 0.29) is 0 Å². The van der Waals surface area contributed by atoms with Gasteiger partial charge in [-0.25, -0.2) is 9.97 Å². The largest absolute Gasteiger partial charge is 0.472 e. The summed E-state index contributed by atoms with van der Waals surface area (Å²) in [5.41, 5.74) is 1.93. The molecule has 0 atom stereocenters. The molecule has 4 nitrogen and oxygen atoms in total. The van der Waals surface area contributed by atoms with Crippen LogP contribution in [0.15, 0.2) is 27.5 Å². The van der Waals surface area contributed by atoms with Crippen LogP contribution in [0.5, 0.6) is 0 Å². The molecule has 0 aliphatic rings. The molecule has 0 fully saturated rings. The number of hydrogen-bond acceptors (Lipinski definition) is 4. The molecule has 5 heteroatoms. The van der Waals surface area contributed by atoms with Crippen LogP contribution in [0.3, 0.4) is 0 Å². The summed E-state index contributed by atoms with van der Waals surface area (Å²) in [5, 5.41) is 3.25. The van der Waals surface area contributed by atoms with Gasteiger partial charge in [-0.05, 0) is 35.3 Å². The zero-order valence-electron chi connectivity index (χ0n) is 10.5. The number of halogens is 1. The Morgan fingerprint density at radius 2 is 2.17 bits per heavy atom. The molecule has 0 unspecified atom stereocenters. The fraction of sp³-hybridized carbons (Fsp3) is 0.385. The molecule has 0 amide bonds. The Bertz CT molecular complexity index is 484. The smallest absolute Gasteiger partial charge is 0.165 e. The Morgan fingerprint density at radius 3 is 2.78 bits per heavy atom. The zero-order chi connectivity index (χ0) is 13.0. The number of anilines is 1. The molecular formula is C13H16BrN3O. The SMILES string of the molecule is CCCc1nc(-c2ccoc2)nc(NCC)c1Br. The van der Waals surface area contributed by atoms with Crippen molar-refractivity contribution >= 4 is 21.7 Å². The highest BCUT2D eigenvalue weighted by Gasteiger charge is 2.13. The van der Waals surface area contributed by atoms with Gasteiger partial charge in [0.15, 0.2) is 5.82 Å². The Balaban J connectivity index is 2.47. The van der Waals surface area contributed by atoms with Crippen LogP contribution in [0.25, 0.3) is 11.4 Å². The lowest BCUT2D eigenvalue weighted by Crippen LogP contribution is -2.06. The first-order chi connectivity index (χ1) is 8.76. The molecule has 0 bridgehead atoms. The van der Waals surface area contributed by atoms with Crippen LogP contribution in [-0.4, -0.2) is 16.5 Å². The van der Waals surface area contributed by atoms with Crippen LogP contribution in [0.1, 0.15) is 26.0 Å². The van der Waals surface area contributed by atoms with Gasteiger partial charge in [-0.15, -0.1) is 0 Å². The lowest BCUT2D eigenvalue weighted by atomic mass is 10.2. The van der Waals surface area contributed by atoms with Crippen LogP contribution >= 0.6 is 15.9 Å². The van der Waals surface area contributed by atoms with Crippen molar-refractivity contribution < 1.29 is 4.42 Å². The standard InChI is InChI=1S/C13H16BrN3O/c1-3-5-10-11(14)13(15-4-2)17-12(16-10)9-6-7-18-8-9/h6-8H,3-5H2,1-2H3,(H,15,16,17). The lowest BCUT2D eigenvalue weighted by Gasteiger charge is -2.11. The van der Waals surface area contributed by atoms with Crippen LogP contribution in [0.2, 0.25) is 0 Å². The Hall–Kier alpha value is -1.36. The highest BCUT2D eigenvalue weighted by atomic mass is 79.9. The second-order valence-electron chi connectivity index (χ2n) is 3.95. The molecule has 0 saturated carbocycles. The third-order valence-electron chi connectivity index (χ3n) is 2.53. The average Bonchev–Trinajstić information content (AvgIpc) is 2.88. The molecule has 2 heterocycles. The topological polar surface area (TPSA) is 51.0 Å². The second-order valence-corrected chi connectivity index (χ2v) is 4.74. The summed E-state index contributed by atoms with van der Waals surface area (Å²) in [6.45, 7) is 5.01. The number of nitrogens with zero attached hydrogens (tertiary/aromatic N) is 2. The highest BCUT2D eigenvalue weighted by Crippen LogP contribution is 2.28. The number of aryl methyl sites for hydroxylation is 1. The molecule has 96 valence electrons. The van der Waals surface area contributed by atoms with Crippen molar-refractivity contribution in [3.63, 3.8) is 0 Å². The number of rotatable bonds is 5. The van der Waals surface area contributed by atoms with E-state index in [2.05, 4.69) is 38.1 Å². The normalized spacial score (nSPS) is 10.6. The first-order valence-electron chi connectivity index (χ1n) is 6.09. The van der Waals surface area contributed by atoms with Gasteiger partial charge in [-0.2, -0.15) is 0 Å². The molecule has 0 spiro atoms. The molecule has 0 aliphatic carbocycles. The van der Waals surface area contributed by atoms with Crippen LogP contribution in [0, 0.1) is 0 Å². The fourth-order valence-corrected chi connectivity index (χ4v) is 2.22. The molecule has 18 heavy (non-hydrogen) atoms. The molecular weight excluding hydrogens is 294 g/mol. The summed E-state index contributed by atoms with van der Waals surface area (Å²) in [6, 6.07) is 1.87. The number of furan rings is 1. The van der Waals surface area contributed by atoms with E-state index in [1.54, 1.807) is 12.5 Å². The van der Waals surface area contributed by atoms with E-state index in [9.17, 15) is 0 Å². The summed E-state index contributed by atoms with van der Waals surface area (Å²) in [6.07, 6.45) is 5.26. The van der Waals surface area contributed by atoms with Crippen LogP contribution in [0.4, 0.5) is 5.82 Å². The van der Waals surface area contributed by atoms with E-state index in [0.29, 0.717) is 5.82 Å². The number of hydrogen-bond donors (Lipinski definition) is 1. The van der Waals surface area contributed by atoms with Gasteiger partial charge in [0, 0.05) is 6.54 Å². The van der Waals surface area contributed by atoms with Crippen molar-refractivity contribution in [3.05, 3.63) is 28.8 Å². The van der Waals surface area contributed by atoms with Crippen molar-refractivity contribution in [1.82, 2.24) is 9.97 Å². The average molecular weight is 310 g/mol. The van der Waals surface area contributed by atoms with Crippen molar-refractivity contribution in [2.24, 2.45) is 0 Å². The van der Waals surface area contributed by atoms with Gasteiger partial charge in [0.1, 0.15) is 12.1 Å². The third-order valence-corrected chi connectivity index (χ3v) is 3.36. The van der Waals surface area contributed by atoms with Gasteiger partial charge in [-0.3, -0.25) is 0 Å². The molecule has 2 rings (SSSR count). The van der Waals surface area contributed by atoms with Gasteiger partial charge in [0.25, 0.3) is 0 Å². The Labute approximate surface area is 115 Å². The van der Waals surface area contributed by atoms with Crippen molar-refractivity contribution in [2.75, 3.05) is 11.9 Å². The van der Waals surface area contributed by atoms with E-state index < -0.39 is 0 Å². The predicted molar refractivity (Wildman–Crippen MR) is 75.6 cm³/mol. The highest BCUT2D eigenvalue weighted by molar-refractivity contribution is 9.10. The fourth-order valence-electron chi connectivity index (χ4n) is 1.70. The number of nitrogens with one attached hydrogen (secondary N) is 1. The molecule has 2 aromatic heterocycles. The van der Waals surface area contributed by atoms with Crippen molar-refractivity contribution in [2.45, 2.75) is 26.7 Å². The Kier molecular flexibility index (Phi) is 4.36. The van der Waals surface area contributed by atoms with Crippen molar-refractivity contribution in [1.29, 1.82) is 0 Å². The minimum absolute atomic E-state index is 0.700. The molecule has 0 aliphatic heterocycles. The van der Waals surface area contributed by atoms with Crippen LogP contribution in [-0.2, 0) is 6.42 Å². The van der Waals surface area contributed by atoms with Gasteiger partial charge in [0.2, 0.25) is 0 Å². The maximum absolute atomic E-state index is 5.09. The van der Waals surface area contributed by atoms with E-state index in [0.717, 1.165) is 40.9 Å². The van der Waals surface area contributed by atoms with Crippen LogP contribution < -0.4 is 5.32 Å². The van der Waals surface area contributed by atoms with Gasteiger partial charge in [-0.1, -0.05) is 13.3 Å². The predicted octanol–water partition coefficient (Wildman–Crippen LogP) is 3.88. The minimum Gasteiger partial charge on any atom is -0.472 e. The lowest BCUT2D eigenvalue weighted by molar-refractivity contribution is 0.568. The molecule has 0 aromatic carbocycles. The van der Waals surface area contributed by atoms with E-state index in [1.807, 2.05) is 13.0 Å². The summed E-state index contributed by atoms with van der Waals surface area (Å²) in [5.74, 6) is 1.54. The van der Waals surface area contributed by atoms with E-state index in [1.165, 1.54) is 0 Å². The quantitative estimate of drug-likeness (QED) is 0.910. The van der Waals surface area contributed by atoms with E-state index in [4.69, 9.17) is 4.42 Å². The van der Waals surface area contributed by atoms with Gasteiger partial charge >= 0.3 is 0 Å². The first-order valence-corrected chi connectivity index (χ1v) is 6.88. The molecule has 2 aromatic rings. The van der Waals surface area contributed by atoms with Gasteiger partial charge < -0.3 is 9.73 Å². The minimum atomic E-state index is 0.700. The second kappa shape index (κ2) is 6.00. The molecule has 0 saturated heterocycles. The molecule has 1 N–H and O–H groups in total. The first kappa shape index (κ1) is 13.1. The Morgan fingerprint density at radius 1 is 1.33 bits per heavy atom. The van der Waals surface area contributed by atoms with Crippen molar-refractivity contribution in [3.8, 4) is 11.4 Å². The van der Waals surface area contributed by atoms with Gasteiger partial charge in [0.05, 0.1) is 22.0 Å². The summed E-state index contributed by atoms with van der Waals surface area (Å²) < 4.78 is 6.04. The number of aromatic nitrogens is 2. The molecule has 0 radical (unpaired) electrons. The van der Waals surface area contributed by atoms with E-state index >= 15 is 0 Å². The summed E-state index contributed by atoms with van der Waals surface area (Å²) in [4.78, 5) is 9.11. The monoisotopic (exact) mass is 309 g/mol. The maximum Gasteiger partial charge on any atom is 0.165 e.